The highest BCUT2D eigenvalue weighted by Gasteiger charge is 2.38. The average molecular weight is 450 g/mol. The number of morpholine rings is 1. The Kier molecular flexibility index (Phi) is 7.11. The van der Waals surface area contributed by atoms with Crippen LogP contribution in [0.25, 0.3) is 5.57 Å². The number of fused-ring (bicyclic) bond motifs is 1. The van der Waals surface area contributed by atoms with E-state index in [4.69, 9.17) is 9.47 Å². The topological polar surface area (TPSA) is 76.9 Å². The van der Waals surface area contributed by atoms with Gasteiger partial charge < -0.3 is 20.0 Å². The summed E-state index contributed by atoms with van der Waals surface area (Å²) < 4.78 is 12.2. The molecule has 0 radical (unpaired) electrons. The normalized spacial score (nSPS) is 17.8. The van der Waals surface area contributed by atoms with Crippen molar-refractivity contribution in [3.05, 3.63) is 76.0 Å². The first-order chi connectivity index (χ1) is 16.0. The lowest BCUT2D eigenvalue weighted by Gasteiger charge is -2.26. The second kappa shape index (κ2) is 10.2. The summed E-state index contributed by atoms with van der Waals surface area (Å²) in [7, 11) is 1.43. The summed E-state index contributed by atoms with van der Waals surface area (Å²) in [4.78, 5) is 15.6. The molecule has 1 N–H and O–H groups in total. The standard InChI is InChI=1S/C26H31N3O4/c1-18(2)27-26(30)24-23(19-7-5-4-6-8-19)22-17-20(9-10-21(22)25(24)28(3)31)33-16-13-29-11-14-32-15-12-29/h4-10,17-18H,11-16H2,1-3H3,(H,27,30)/b28-25+. The van der Waals surface area contributed by atoms with Crippen LogP contribution in [0, 0.1) is 5.21 Å². The fraction of sp³-hybridized carbons (Fsp3) is 0.385. The van der Waals surface area contributed by atoms with E-state index in [0.717, 1.165) is 59.9 Å². The number of hydroxylamine groups is 1. The zero-order chi connectivity index (χ0) is 23.4. The molecule has 1 aliphatic heterocycles. The first-order valence-electron chi connectivity index (χ1n) is 11.4. The van der Waals surface area contributed by atoms with Crippen molar-refractivity contribution in [3.63, 3.8) is 0 Å². The molecule has 2 aromatic rings. The third-order valence-electron chi connectivity index (χ3n) is 5.81. The van der Waals surface area contributed by atoms with Gasteiger partial charge in [0, 0.05) is 36.8 Å². The van der Waals surface area contributed by atoms with E-state index < -0.39 is 0 Å². The number of nitrogens with one attached hydrogen (secondary N) is 1. The molecule has 1 aliphatic carbocycles. The Bertz CT molecular complexity index is 1070. The van der Waals surface area contributed by atoms with Crippen molar-refractivity contribution < 1.29 is 19.0 Å². The SMILES string of the molecule is CC(C)NC(=O)C1=C(c2ccccc2)c2cc(OCCN3CCOCC3)ccc2/C1=[N+](/C)[O-]. The molecule has 174 valence electrons. The summed E-state index contributed by atoms with van der Waals surface area (Å²) in [6.07, 6.45) is 0. The van der Waals surface area contributed by atoms with E-state index in [0.29, 0.717) is 23.6 Å². The quantitative estimate of drug-likeness (QED) is 0.400. The van der Waals surface area contributed by atoms with Gasteiger partial charge >= 0.3 is 0 Å². The minimum atomic E-state index is -0.257. The second-order valence-electron chi connectivity index (χ2n) is 8.60. The molecule has 0 saturated carbocycles. The predicted octanol–water partition coefficient (Wildman–Crippen LogP) is 2.67. The van der Waals surface area contributed by atoms with Crippen LogP contribution in [0.2, 0.25) is 0 Å². The molecule has 0 unspecified atom stereocenters. The van der Waals surface area contributed by atoms with Crippen molar-refractivity contribution in [1.29, 1.82) is 0 Å². The van der Waals surface area contributed by atoms with Gasteiger partial charge in [-0.1, -0.05) is 30.3 Å². The molecular formula is C26H31N3O4. The van der Waals surface area contributed by atoms with Crippen LogP contribution >= 0.6 is 0 Å². The van der Waals surface area contributed by atoms with E-state index in [-0.39, 0.29) is 11.9 Å². The van der Waals surface area contributed by atoms with Gasteiger partial charge in [-0.2, -0.15) is 0 Å². The first kappa shape index (κ1) is 23.0. The fourth-order valence-electron chi connectivity index (χ4n) is 4.32. The molecule has 0 atom stereocenters. The van der Waals surface area contributed by atoms with Gasteiger partial charge in [0.15, 0.2) is 0 Å². The van der Waals surface area contributed by atoms with Crippen LogP contribution in [0.15, 0.2) is 54.1 Å². The second-order valence-corrected chi connectivity index (χ2v) is 8.60. The highest BCUT2D eigenvalue weighted by molar-refractivity contribution is 6.36. The number of ether oxygens (including phenoxy) is 2. The summed E-state index contributed by atoms with van der Waals surface area (Å²) in [5.41, 5.74) is 3.97. The lowest BCUT2D eigenvalue weighted by molar-refractivity contribution is -0.421. The highest BCUT2D eigenvalue weighted by atomic mass is 16.5. The van der Waals surface area contributed by atoms with Gasteiger partial charge in [0.05, 0.1) is 18.8 Å². The lowest BCUT2D eigenvalue weighted by Crippen LogP contribution is -2.38. The smallest absolute Gasteiger partial charge is 0.258 e. The van der Waals surface area contributed by atoms with E-state index in [2.05, 4.69) is 10.2 Å². The van der Waals surface area contributed by atoms with E-state index in [1.165, 1.54) is 7.05 Å². The van der Waals surface area contributed by atoms with Gasteiger partial charge in [-0.15, -0.1) is 0 Å². The van der Waals surface area contributed by atoms with Crippen molar-refractivity contribution in [2.24, 2.45) is 0 Å². The molecule has 33 heavy (non-hydrogen) atoms. The molecule has 7 heteroatoms. The van der Waals surface area contributed by atoms with E-state index in [1.807, 2.05) is 62.4 Å². The third-order valence-corrected chi connectivity index (χ3v) is 5.81. The molecule has 1 saturated heterocycles. The molecule has 2 aliphatic rings. The maximum Gasteiger partial charge on any atom is 0.258 e. The van der Waals surface area contributed by atoms with Crippen molar-refractivity contribution in [2.45, 2.75) is 19.9 Å². The number of carbonyl (C=O) groups excluding carboxylic acids is 1. The number of benzene rings is 2. The minimum Gasteiger partial charge on any atom is -0.624 e. The molecule has 1 fully saturated rings. The Morgan fingerprint density at radius 3 is 2.55 bits per heavy atom. The number of carbonyl (C=O) groups is 1. The lowest BCUT2D eigenvalue weighted by atomic mass is 9.97. The van der Waals surface area contributed by atoms with Gasteiger partial charge in [-0.25, -0.2) is 4.74 Å². The van der Waals surface area contributed by atoms with Crippen LogP contribution in [0.5, 0.6) is 5.75 Å². The predicted molar refractivity (Wildman–Crippen MR) is 129 cm³/mol. The van der Waals surface area contributed by atoms with Crippen LogP contribution < -0.4 is 10.1 Å². The third kappa shape index (κ3) is 5.10. The first-order valence-corrected chi connectivity index (χ1v) is 11.4. The van der Waals surface area contributed by atoms with Gasteiger partial charge in [0.2, 0.25) is 5.71 Å². The largest absolute Gasteiger partial charge is 0.624 e. The van der Waals surface area contributed by atoms with Gasteiger partial charge in [0.25, 0.3) is 5.91 Å². The Hall–Kier alpha value is -3.16. The summed E-state index contributed by atoms with van der Waals surface area (Å²) in [5, 5.41) is 15.6. The van der Waals surface area contributed by atoms with Gasteiger partial charge in [0.1, 0.15) is 25.0 Å². The number of amides is 1. The van der Waals surface area contributed by atoms with Crippen molar-refractivity contribution in [2.75, 3.05) is 46.5 Å². The zero-order valence-corrected chi connectivity index (χ0v) is 19.5. The molecule has 0 aromatic heterocycles. The summed E-state index contributed by atoms with van der Waals surface area (Å²) in [6, 6.07) is 15.4. The fourth-order valence-corrected chi connectivity index (χ4v) is 4.32. The molecule has 0 bridgehead atoms. The van der Waals surface area contributed by atoms with Crippen molar-refractivity contribution in [3.8, 4) is 5.75 Å². The highest BCUT2D eigenvalue weighted by Crippen LogP contribution is 2.39. The maximum absolute atomic E-state index is 13.3. The number of rotatable bonds is 7. The Morgan fingerprint density at radius 2 is 1.88 bits per heavy atom. The molecule has 0 spiro atoms. The molecule has 1 heterocycles. The summed E-state index contributed by atoms with van der Waals surface area (Å²) in [6.45, 7) is 8.53. The van der Waals surface area contributed by atoms with Crippen molar-refractivity contribution in [1.82, 2.24) is 10.2 Å². The Morgan fingerprint density at radius 1 is 1.15 bits per heavy atom. The van der Waals surface area contributed by atoms with E-state index in [1.54, 1.807) is 0 Å². The van der Waals surface area contributed by atoms with Crippen molar-refractivity contribution >= 4 is 17.2 Å². The number of hydrogen-bond acceptors (Lipinski definition) is 5. The van der Waals surface area contributed by atoms with Gasteiger partial charge in [-0.3, -0.25) is 9.69 Å². The number of hydrogen-bond donors (Lipinski definition) is 1. The molecule has 1 amide bonds. The number of nitrogens with zero attached hydrogens (tertiary/aromatic N) is 2. The molecule has 4 rings (SSSR count). The average Bonchev–Trinajstić information content (AvgIpc) is 3.15. The van der Waals surface area contributed by atoms with E-state index in [9.17, 15) is 10.0 Å². The Labute approximate surface area is 194 Å². The summed E-state index contributed by atoms with van der Waals surface area (Å²) in [5.74, 6) is 0.460. The van der Waals surface area contributed by atoms with Crippen LogP contribution in [0.3, 0.4) is 0 Å². The van der Waals surface area contributed by atoms with Crippen LogP contribution in [0.1, 0.15) is 30.5 Å². The van der Waals surface area contributed by atoms with Crippen LogP contribution in [0.4, 0.5) is 0 Å². The molecule has 2 aromatic carbocycles. The van der Waals surface area contributed by atoms with Gasteiger partial charge in [-0.05, 0) is 37.6 Å². The molecular weight excluding hydrogens is 418 g/mol. The summed E-state index contributed by atoms with van der Waals surface area (Å²) >= 11 is 0. The monoisotopic (exact) mass is 449 g/mol. The molecule has 7 nitrogen and oxygen atoms in total. The van der Waals surface area contributed by atoms with Crippen LogP contribution in [-0.4, -0.2) is 73.8 Å². The zero-order valence-electron chi connectivity index (χ0n) is 19.5. The van der Waals surface area contributed by atoms with E-state index >= 15 is 0 Å². The minimum absolute atomic E-state index is 0.0528. The Balaban J connectivity index is 1.71. The van der Waals surface area contributed by atoms with Crippen LogP contribution in [-0.2, 0) is 9.53 Å². The maximum atomic E-state index is 13.3.